The molecule has 136 valence electrons. The summed E-state index contributed by atoms with van der Waals surface area (Å²) in [6.45, 7) is 5.05. The fourth-order valence-electron chi connectivity index (χ4n) is 3.89. The topological polar surface area (TPSA) is 9.23 Å². The van der Waals surface area contributed by atoms with Crippen molar-refractivity contribution in [2.45, 2.75) is 90.4 Å². The molecule has 0 radical (unpaired) electrons. The van der Waals surface area contributed by atoms with Gasteiger partial charge in [0.15, 0.2) is 11.6 Å². The van der Waals surface area contributed by atoms with Crippen LogP contribution in [0, 0.1) is 11.7 Å². The van der Waals surface area contributed by atoms with E-state index in [2.05, 4.69) is 19.9 Å². The maximum atomic E-state index is 14.3. The standard InChI is InChI=1S/C22H35FO/c1-3-5-7-9-18-10-12-19(13-11-18)20-14-15-22(21(23)17-20)24-16-8-6-4-2/h14-15,17-19H,3-13,16H2,1-2H3. The Bertz CT molecular complexity index is 463. The summed E-state index contributed by atoms with van der Waals surface area (Å²) in [7, 11) is 0. The van der Waals surface area contributed by atoms with Crippen molar-refractivity contribution in [1.29, 1.82) is 0 Å². The molecule has 1 aliphatic carbocycles. The second-order valence-corrected chi connectivity index (χ2v) is 7.46. The Hall–Kier alpha value is -1.05. The number of benzene rings is 1. The third-order valence-corrected chi connectivity index (χ3v) is 5.50. The maximum Gasteiger partial charge on any atom is 0.165 e. The fourth-order valence-corrected chi connectivity index (χ4v) is 3.89. The van der Waals surface area contributed by atoms with E-state index >= 15 is 0 Å². The highest BCUT2D eigenvalue weighted by molar-refractivity contribution is 5.31. The Morgan fingerprint density at radius 2 is 1.67 bits per heavy atom. The number of rotatable bonds is 10. The summed E-state index contributed by atoms with van der Waals surface area (Å²) in [5.74, 6) is 1.67. The third-order valence-electron chi connectivity index (χ3n) is 5.50. The first kappa shape index (κ1) is 19.3. The van der Waals surface area contributed by atoms with Crippen LogP contribution >= 0.6 is 0 Å². The molecule has 1 aliphatic rings. The van der Waals surface area contributed by atoms with Crippen LogP contribution in [0.25, 0.3) is 0 Å². The van der Waals surface area contributed by atoms with Crippen LogP contribution in [-0.4, -0.2) is 6.61 Å². The van der Waals surface area contributed by atoms with Gasteiger partial charge in [0.2, 0.25) is 0 Å². The van der Waals surface area contributed by atoms with E-state index in [0.29, 0.717) is 18.3 Å². The number of hydrogen-bond acceptors (Lipinski definition) is 1. The van der Waals surface area contributed by atoms with Crippen molar-refractivity contribution in [3.05, 3.63) is 29.6 Å². The van der Waals surface area contributed by atoms with E-state index < -0.39 is 0 Å². The Balaban J connectivity index is 1.79. The second-order valence-electron chi connectivity index (χ2n) is 7.46. The molecule has 2 heteroatoms. The Kier molecular flexibility index (Phi) is 8.63. The first-order valence-electron chi connectivity index (χ1n) is 10.2. The second kappa shape index (κ2) is 10.7. The van der Waals surface area contributed by atoms with Crippen molar-refractivity contribution in [1.82, 2.24) is 0 Å². The summed E-state index contributed by atoms with van der Waals surface area (Å²) in [6, 6.07) is 5.64. The lowest BCUT2D eigenvalue weighted by Crippen LogP contribution is -2.13. The molecule has 1 fully saturated rings. The lowest BCUT2D eigenvalue weighted by Gasteiger charge is -2.29. The van der Waals surface area contributed by atoms with Gasteiger partial charge in [0.05, 0.1) is 6.61 Å². The van der Waals surface area contributed by atoms with Gasteiger partial charge in [-0.1, -0.05) is 58.4 Å². The molecule has 1 aromatic rings. The molecular formula is C22H35FO. The van der Waals surface area contributed by atoms with Gasteiger partial charge in [-0.05, 0) is 61.6 Å². The zero-order chi connectivity index (χ0) is 17.2. The fraction of sp³-hybridized carbons (Fsp3) is 0.727. The molecule has 0 amide bonds. The molecule has 0 spiro atoms. The van der Waals surface area contributed by atoms with E-state index in [1.807, 2.05) is 6.07 Å². The van der Waals surface area contributed by atoms with Crippen molar-refractivity contribution < 1.29 is 9.13 Å². The lowest BCUT2D eigenvalue weighted by atomic mass is 9.77. The minimum atomic E-state index is -0.186. The van der Waals surface area contributed by atoms with Gasteiger partial charge in [0.25, 0.3) is 0 Å². The van der Waals surface area contributed by atoms with Crippen LogP contribution in [0.4, 0.5) is 4.39 Å². The quantitative estimate of drug-likeness (QED) is 0.409. The molecule has 0 heterocycles. The highest BCUT2D eigenvalue weighted by Gasteiger charge is 2.22. The Labute approximate surface area is 148 Å². The SMILES string of the molecule is CCCCCOc1ccc(C2CCC(CCCCC)CC2)cc1F. The summed E-state index contributed by atoms with van der Waals surface area (Å²) >= 11 is 0. The molecular weight excluding hydrogens is 299 g/mol. The molecule has 0 unspecified atom stereocenters. The zero-order valence-electron chi connectivity index (χ0n) is 15.7. The van der Waals surface area contributed by atoms with Gasteiger partial charge >= 0.3 is 0 Å². The normalized spacial score (nSPS) is 21.0. The van der Waals surface area contributed by atoms with E-state index in [0.717, 1.165) is 25.2 Å². The van der Waals surface area contributed by atoms with Crippen molar-refractivity contribution in [2.24, 2.45) is 5.92 Å². The van der Waals surface area contributed by atoms with Crippen LogP contribution in [0.2, 0.25) is 0 Å². The Morgan fingerprint density at radius 1 is 0.958 bits per heavy atom. The van der Waals surface area contributed by atoms with Crippen LogP contribution in [0.1, 0.15) is 96.0 Å². The van der Waals surface area contributed by atoms with Gasteiger partial charge in [-0.25, -0.2) is 4.39 Å². The van der Waals surface area contributed by atoms with E-state index in [9.17, 15) is 4.39 Å². The number of unbranched alkanes of at least 4 members (excludes halogenated alkanes) is 4. The smallest absolute Gasteiger partial charge is 0.165 e. The van der Waals surface area contributed by atoms with Gasteiger partial charge in [-0.15, -0.1) is 0 Å². The van der Waals surface area contributed by atoms with E-state index in [-0.39, 0.29) is 5.82 Å². The predicted octanol–water partition coefficient (Wildman–Crippen LogP) is 7.25. The van der Waals surface area contributed by atoms with Crippen molar-refractivity contribution in [3.63, 3.8) is 0 Å². The zero-order valence-corrected chi connectivity index (χ0v) is 15.7. The molecule has 24 heavy (non-hydrogen) atoms. The molecule has 0 N–H and O–H groups in total. The monoisotopic (exact) mass is 334 g/mol. The minimum Gasteiger partial charge on any atom is -0.491 e. The molecule has 0 saturated heterocycles. The van der Waals surface area contributed by atoms with Crippen LogP contribution in [0.3, 0.4) is 0 Å². The van der Waals surface area contributed by atoms with Gasteiger partial charge in [0.1, 0.15) is 0 Å². The first-order chi connectivity index (χ1) is 11.7. The average Bonchev–Trinajstić information content (AvgIpc) is 2.61. The van der Waals surface area contributed by atoms with Gasteiger partial charge < -0.3 is 4.74 Å². The number of halogens is 1. The largest absolute Gasteiger partial charge is 0.491 e. The van der Waals surface area contributed by atoms with Crippen LogP contribution in [-0.2, 0) is 0 Å². The number of ether oxygens (including phenoxy) is 1. The summed E-state index contributed by atoms with van der Waals surface area (Å²) in [6.07, 6.45) is 13.8. The first-order valence-corrected chi connectivity index (χ1v) is 10.2. The highest BCUT2D eigenvalue weighted by Crippen LogP contribution is 2.38. The van der Waals surface area contributed by atoms with Gasteiger partial charge in [-0.3, -0.25) is 0 Å². The molecule has 1 nitrogen and oxygen atoms in total. The third kappa shape index (κ3) is 6.11. The van der Waals surface area contributed by atoms with Gasteiger partial charge in [-0.2, -0.15) is 0 Å². The number of hydrogen-bond donors (Lipinski definition) is 0. The van der Waals surface area contributed by atoms with Crippen molar-refractivity contribution >= 4 is 0 Å². The lowest BCUT2D eigenvalue weighted by molar-refractivity contribution is 0.289. The molecule has 0 aromatic heterocycles. The molecule has 0 aliphatic heterocycles. The van der Waals surface area contributed by atoms with Crippen molar-refractivity contribution in [3.8, 4) is 5.75 Å². The van der Waals surface area contributed by atoms with Crippen LogP contribution in [0.15, 0.2) is 18.2 Å². The van der Waals surface area contributed by atoms with Gasteiger partial charge in [0, 0.05) is 0 Å². The molecule has 0 atom stereocenters. The summed E-state index contributed by atoms with van der Waals surface area (Å²) < 4.78 is 19.8. The van der Waals surface area contributed by atoms with E-state index in [4.69, 9.17) is 4.74 Å². The maximum absolute atomic E-state index is 14.3. The Morgan fingerprint density at radius 3 is 2.33 bits per heavy atom. The summed E-state index contributed by atoms with van der Waals surface area (Å²) in [4.78, 5) is 0. The van der Waals surface area contributed by atoms with Crippen LogP contribution < -0.4 is 4.74 Å². The minimum absolute atomic E-state index is 0.186. The highest BCUT2D eigenvalue weighted by atomic mass is 19.1. The predicted molar refractivity (Wildman–Crippen MR) is 100 cm³/mol. The van der Waals surface area contributed by atoms with Crippen molar-refractivity contribution in [2.75, 3.05) is 6.61 Å². The van der Waals surface area contributed by atoms with Crippen LogP contribution in [0.5, 0.6) is 5.75 Å². The molecule has 2 rings (SSSR count). The van der Waals surface area contributed by atoms with E-state index in [1.165, 1.54) is 56.9 Å². The average molecular weight is 335 g/mol. The molecule has 1 saturated carbocycles. The summed E-state index contributed by atoms with van der Waals surface area (Å²) in [5.41, 5.74) is 1.17. The summed E-state index contributed by atoms with van der Waals surface area (Å²) in [5, 5.41) is 0. The molecule has 0 bridgehead atoms. The molecule has 1 aromatic carbocycles. The van der Waals surface area contributed by atoms with E-state index in [1.54, 1.807) is 6.07 Å².